The van der Waals surface area contributed by atoms with Gasteiger partial charge in [-0.2, -0.15) is 0 Å². The molecule has 0 amide bonds. The quantitative estimate of drug-likeness (QED) is 0.748. The second kappa shape index (κ2) is 5.09. The van der Waals surface area contributed by atoms with Gasteiger partial charge in [0.2, 0.25) is 0 Å². The highest BCUT2D eigenvalue weighted by Gasteiger charge is 2.01. The van der Waals surface area contributed by atoms with Crippen molar-refractivity contribution in [2.75, 3.05) is 0 Å². The fraction of sp³-hybridized carbons (Fsp3) is 0.100. The number of rotatable bonds is 4. The van der Waals surface area contributed by atoms with Crippen molar-refractivity contribution in [1.29, 1.82) is 0 Å². The molecule has 80 valence electrons. The van der Waals surface area contributed by atoms with Gasteiger partial charge in [0.1, 0.15) is 0 Å². The second-order valence-electron chi connectivity index (χ2n) is 2.80. The van der Waals surface area contributed by atoms with Crippen LogP contribution < -0.4 is 5.32 Å². The number of hydrogen-bond donors (Lipinski definition) is 2. The van der Waals surface area contributed by atoms with Crippen molar-refractivity contribution in [3.8, 4) is 0 Å². The monoisotopic (exact) mass is 213 g/mol. The zero-order valence-corrected chi connectivity index (χ0v) is 7.71. The van der Waals surface area contributed by atoms with Gasteiger partial charge < -0.3 is 10.4 Å². The SMILES string of the molecule is O=C(O)/C=C/NCc1ccc(F)c(F)c1. The van der Waals surface area contributed by atoms with Crippen LogP contribution in [0.2, 0.25) is 0 Å². The van der Waals surface area contributed by atoms with Gasteiger partial charge in [0.25, 0.3) is 0 Å². The minimum Gasteiger partial charge on any atom is -0.478 e. The lowest BCUT2D eigenvalue weighted by molar-refractivity contribution is -0.131. The Kier molecular flexibility index (Phi) is 3.79. The Labute approximate surface area is 85.0 Å². The Hall–Kier alpha value is -1.91. The average Bonchev–Trinajstić information content (AvgIpc) is 2.18. The van der Waals surface area contributed by atoms with Crippen LogP contribution >= 0.6 is 0 Å². The van der Waals surface area contributed by atoms with Crippen molar-refractivity contribution in [3.63, 3.8) is 0 Å². The zero-order valence-electron chi connectivity index (χ0n) is 7.71. The Morgan fingerprint density at radius 2 is 2.13 bits per heavy atom. The summed E-state index contributed by atoms with van der Waals surface area (Å²) in [4.78, 5) is 10.1. The molecule has 15 heavy (non-hydrogen) atoms. The first-order chi connectivity index (χ1) is 7.09. The fourth-order valence-electron chi connectivity index (χ4n) is 0.957. The summed E-state index contributed by atoms with van der Waals surface area (Å²) in [7, 11) is 0. The van der Waals surface area contributed by atoms with Crippen LogP contribution in [0.25, 0.3) is 0 Å². The summed E-state index contributed by atoms with van der Waals surface area (Å²) in [5.74, 6) is -2.90. The second-order valence-corrected chi connectivity index (χ2v) is 2.80. The molecule has 0 atom stereocenters. The highest BCUT2D eigenvalue weighted by Crippen LogP contribution is 2.08. The fourth-order valence-corrected chi connectivity index (χ4v) is 0.957. The van der Waals surface area contributed by atoms with Gasteiger partial charge in [-0.15, -0.1) is 0 Å². The molecule has 3 nitrogen and oxygen atoms in total. The van der Waals surface area contributed by atoms with Crippen LogP contribution in [0.3, 0.4) is 0 Å². The van der Waals surface area contributed by atoms with E-state index in [0.29, 0.717) is 5.56 Å². The zero-order chi connectivity index (χ0) is 11.3. The van der Waals surface area contributed by atoms with Gasteiger partial charge in [-0.1, -0.05) is 6.07 Å². The van der Waals surface area contributed by atoms with Crippen LogP contribution in [0.4, 0.5) is 8.78 Å². The van der Waals surface area contributed by atoms with Gasteiger partial charge in [-0.05, 0) is 17.7 Å². The normalized spacial score (nSPS) is 10.5. The Balaban J connectivity index is 2.51. The molecule has 1 aromatic rings. The van der Waals surface area contributed by atoms with Crippen LogP contribution in [-0.4, -0.2) is 11.1 Å². The molecule has 1 rings (SSSR count). The Bertz CT molecular complexity index is 391. The minimum atomic E-state index is -1.08. The third-order valence-corrected chi connectivity index (χ3v) is 1.63. The van der Waals surface area contributed by atoms with Crippen molar-refractivity contribution in [2.45, 2.75) is 6.54 Å². The van der Waals surface area contributed by atoms with E-state index in [1.54, 1.807) is 0 Å². The molecule has 0 saturated carbocycles. The largest absolute Gasteiger partial charge is 0.478 e. The predicted molar refractivity (Wildman–Crippen MR) is 50.0 cm³/mol. The first kappa shape index (κ1) is 11.2. The van der Waals surface area contributed by atoms with E-state index < -0.39 is 17.6 Å². The summed E-state index contributed by atoms with van der Waals surface area (Å²) >= 11 is 0. The number of hydrogen-bond acceptors (Lipinski definition) is 2. The number of halogens is 2. The van der Waals surface area contributed by atoms with Gasteiger partial charge in [0.15, 0.2) is 11.6 Å². The summed E-state index contributed by atoms with van der Waals surface area (Å²) in [6.45, 7) is 0.237. The first-order valence-electron chi connectivity index (χ1n) is 4.16. The van der Waals surface area contributed by atoms with E-state index in [1.165, 1.54) is 12.3 Å². The van der Waals surface area contributed by atoms with E-state index in [4.69, 9.17) is 5.11 Å². The number of carboxylic acid groups (broad SMARTS) is 1. The predicted octanol–water partition coefficient (Wildman–Crippen LogP) is 1.65. The van der Waals surface area contributed by atoms with Crippen LogP contribution in [0.5, 0.6) is 0 Å². The van der Waals surface area contributed by atoms with E-state index in [9.17, 15) is 13.6 Å². The third-order valence-electron chi connectivity index (χ3n) is 1.63. The standard InChI is InChI=1S/C10H9F2NO2/c11-8-2-1-7(5-9(8)12)6-13-4-3-10(14)15/h1-5,13H,6H2,(H,14,15)/b4-3+. The Morgan fingerprint density at radius 1 is 1.40 bits per heavy atom. The molecule has 0 bridgehead atoms. The van der Waals surface area contributed by atoms with Gasteiger partial charge in [-0.3, -0.25) is 0 Å². The molecule has 0 aromatic heterocycles. The molecule has 0 aliphatic rings. The summed E-state index contributed by atoms with van der Waals surface area (Å²) < 4.78 is 25.2. The first-order valence-corrected chi connectivity index (χ1v) is 4.16. The minimum absolute atomic E-state index is 0.237. The van der Waals surface area contributed by atoms with Crippen LogP contribution in [0.1, 0.15) is 5.56 Å². The van der Waals surface area contributed by atoms with Gasteiger partial charge in [-0.25, -0.2) is 13.6 Å². The maximum Gasteiger partial charge on any atom is 0.329 e. The highest BCUT2D eigenvalue weighted by atomic mass is 19.2. The lowest BCUT2D eigenvalue weighted by atomic mass is 10.2. The molecule has 1 aromatic carbocycles. The lowest BCUT2D eigenvalue weighted by Crippen LogP contribution is -2.06. The smallest absolute Gasteiger partial charge is 0.329 e. The van der Waals surface area contributed by atoms with Crippen LogP contribution in [0.15, 0.2) is 30.5 Å². The van der Waals surface area contributed by atoms with E-state index in [-0.39, 0.29) is 6.54 Å². The number of benzene rings is 1. The summed E-state index contributed by atoms with van der Waals surface area (Å²) in [6.07, 6.45) is 2.14. The maximum absolute atomic E-state index is 12.7. The lowest BCUT2D eigenvalue weighted by Gasteiger charge is -2.01. The van der Waals surface area contributed by atoms with E-state index in [2.05, 4.69) is 5.32 Å². The maximum atomic E-state index is 12.7. The van der Waals surface area contributed by atoms with Crippen molar-refractivity contribution in [2.24, 2.45) is 0 Å². The number of aliphatic carboxylic acids is 1. The molecule has 0 heterocycles. The highest BCUT2D eigenvalue weighted by molar-refractivity contribution is 5.79. The van der Waals surface area contributed by atoms with E-state index in [0.717, 1.165) is 18.2 Å². The van der Waals surface area contributed by atoms with Gasteiger partial charge >= 0.3 is 5.97 Å². The van der Waals surface area contributed by atoms with Crippen molar-refractivity contribution in [3.05, 3.63) is 47.7 Å². The number of carbonyl (C=O) groups is 1. The summed E-state index contributed by atoms with van der Waals surface area (Å²) in [5.41, 5.74) is 0.531. The number of nitrogens with one attached hydrogen (secondary N) is 1. The molecule has 0 aliphatic heterocycles. The van der Waals surface area contributed by atoms with E-state index >= 15 is 0 Å². The van der Waals surface area contributed by atoms with Crippen molar-refractivity contribution >= 4 is 5.97 Å². The molecule has 5 heteroatoms. The molecule has 0 aliphatic carbocycles. The summed E-state index contributed by atoms with van der Waals surface area (Å²) in [5, 5.41) is 10.9. The molecular weight excluding hydrogens is 204 g/mol. The van der Waals surface area contributed by atoms with Crippen molar-refractivity contribution < 1.29 is 18.7 Å². The third kappa shape index (κ3) is 3.76. The van der Waals surface area contributed by atoms with Crippen LogP contribution in [-0.2, 0) is 11.3 Å². The van der Waals surface area contributed by atoms with Crippen molar-refractivity contribution in [1.82, 2.24) is 5.32 Å². The molecule has 0 spiro atoms. The molecule has 0 radical (unpaired) electrons. The van der Waals surface area contributed by atoms with E-state index in [1.807, 2.05) is 0 Å². The Morgan fingerprint density at radius 3 is 2.73 bits per heavy atom. The molecule has 0 unspecified atom stereocenters. The van der Waals surface area contributed by atoms with Gasteiger partial charge in [0.05, 0.1) is 0 Å². The molecule has 0 saturated heterocycles. The average molecular weight is 213 g/mol. The summed E-state index contributed by atoms with van der Waals surface area (Å²) in [6, 6.07) is 3.49. The topological polar surface area (TPSA) is 49.3 Å². The number of carboxylic acids is 1. The molecule has 0 fully saturated rings. The van der Waals surface area contributed by atoms with Gasteiger partial charge in [0, 0.05) is 18.8 Å². The molecule has 2 N–H and O–H groups in total. The molecular formula is C10H9F2NO2. The van der Waals surface area contributed by atoms with Crippen LogP contribution in [0, 0.1) is 11.6 Å².